The van der Waals surface area contributed by atoms with Gasteiger partial charge in [0, 0.05) is 6.54 Å². The van der Waals surface area contributed by atoms with Crippen LogP contribution >= 0.6 is 0 Å². The number of para-hydroxylation sites is 1. The summed E-state index contributed by atoms with van der Waals surface area (Å²) in [6, 6.07) is 5.13. The van der Waals surface area contributed by atoms with E-state index in [1.807, 2.05) is 0 Å². The molecule has 0 radical (unpaired) electrons. The molecule has 1 fully saturated rings. The van der Waals surface area contributed by atoms with Crippen molar-refractivity contribution in [3.05, 3.63) is 28.3 Å². The number of ether oxygens (including phenoxy) is 1. The summed E-state index contributed by atoms with van der Waals surface area (Å²) < 4.78 is 5.06. The second-order valence-corrected chi connectivity index (χ2v) is 5.33. The van der Waals surface area contributed by atoms with Crippen LogP contribution < -0.4 is 10.1 Å². The number of hydrogen-bond donors (Lipinski definition) is 1. The predicted octanol–water partition coefficient (Wildman–Crippen LogP) is 3.99. The Bertz CT molecular complexity index is 456. The number of methoxy groups -OCH3 is 1. The molecule has 0 bridgehead atoms. The van der Waals surface area contributed by atoms with Crippen LogP contribution in [-0.2, 0) is 0 Å². The van der Waals surface area contributed by atoms with E-state index in [1.165, 1.54) is 39.2 Å². The second kappa shape index (κ2) is 7.12. The lowest BCUT2D eigenvalue weighted by Crippen LogP contribution is -2.13. The van der Waals surface area contributed by atoms with Crippen molar-refractivity contribution in [2.45, 2.75) is 38.5 Å². The van der Waals surface area contributed by atoms with E-state index in [0.717, 1.165) is 18.9 Å². The molecule has 5 nitrogen and oxygen atoms in total. The highest BCUT2D eigenvalue weighted by Gasteiger charge is 2.20. The third kappa shape index (κ3) is 3.62. The second-order valence-electron chi connectivity index (χ2n) is 5.33. The Morgan fingerprint density at radius 3 is 2.75 bits per heavy atom. The average Bonchev–Trinajstić information content (AvgIpc) is 2.47. The molecule has 1 aromatic carbocycles. The van der Waals surface area contributed by atoms with Gasteiger partial charge in [-0.1, -0.05) is 38.2 Å². The summed E-state index contributed by atoms with van der Waals surface area (Å²) in [6.45, 7) is 0.776. The van der Waals surface area contributed by atoms with Crippen molar-refractivity contribution in [3.8, 4) is 5.75 Å². The minimum atomic E-state index is -0.387. The molecule has 5 heteroatoms. The van der Waals surface area contributed by atoms with Gasteiger partial charge in [0.05, 0.1) is 12.0 Å². The Labute approximate surface area is 119 Å². The molecule has 0 amide bonds. The number of nitrogens with one attached hydrogen (secondary N) is 1. The van der Waals surface area contributed by atoms with Crippen LogP contribution in [-0.4, -0.2) is 18.6 Å². The molecule has 1 aliphatic carbocycles. The standard InChI is InChI=1S/C15H22N2O3/c1-20-14-9-5-8-13(15(14)17(18)19)16-11-10-12-6-3-2-4-7-12/h5,8-9,12,16H,2-4,6-7,10-11H2,1H3. The van der Waals surface area contributed by atoms with Gasteiger partial charge in [-0.3, -0.25) is 10.1 Å². The SMILES string of the molecule is COc1cccc(NCCC2CCCCC2)c1[N+](=O)[O-]. The van der Waals surface area contributed by atoms with Crippen molar-refractivity contribution in [1.29, 1.82) is 0 Å². The van der Waals surface area contributed by atoms with Crippen LogP contribution in [0, 0.1) is 16.0 Å². The van der Waals surface area contributed by atoms with Crippen molar-refractivity contribution >= 4 is 11.4 Å². The fourth-order valence-electron chi connectivity index (χ4n) is 2.90. The summed E-state index contributed by atoms with van der Waals surface area (Å²) in [6.07, 6.45) is 7.66. The number of nitro groups is 1. The number of nitro benzene ring substituents is 1. The summed E-state index contributed by atoms with van der Waals surface area (Å²) in [5.74, 6) is 1.07. The Morgan fingerprint density at radius 1 is 1.35 bits per heavy atom. The normalized spacial score (nSPS) is 15.8. The van der Waals surface area contributed by atoms with E-state index in [-0.39, 0.29) is 10.6 Å². The molecule has 1 aromatic rings. The number of benzene rings is 1. The van der Waals surface area contributed by atoms with Crippen LogP contribution in [0.5, 0.6) is 5.75 Å². The largest absolute Gasteiger partial charge is 0.490 e. The quantitative estimate of drug-likeness (QED) is 0.631. The third-order valence-electron chi connectivity index (χ3n) is 3.99. The molecule has 0 saturated heterocycles. The van der Waals surface area contributed by atoms with E-state index in [4.69, 9.17) is 4.74 Å². The highest BCUT2D eigenvalue weighted by Crippen LogP contribution is 2.34. The molecule has 0 unspecified atom stereocenters. The molecule has 1 N–H and O–H groups in total. The van der Waals surface area contributed by atoms with Gasteiger partial charge in [0.1, 0.15) is 5.69 Å². The molecule has 2 rings (SSSR count). The summed E-state index contributed by atoms with van der Waals surface area (Å²) in [5.41, 5.74) is 0.573. The van der Waals surface area contributed by atoms with Gasteiger partial charge in [-0.2, -0.15) is 0 Å². The first kappa shape index (κ1) is 14.6. The monoisotopic (exact) mass is 278 g/mol. The number of anilines is 1. The Hall–Kier alpha value is -1.78. The van der Waals surface area contributed by atoms with Gasteiger partial charge in [0.2, 0.25) is 0 Å². The molecule has 0 aliphatic heterocycles. The van der Waals surface area contributed by atoms with Crippen LogP contribution in [0.1, 0.15) is 38.5 Å². The zero-order valence-corrected chi connectivity index (χ0v) is 11.9. The zero-order chi connectivity index (χ0) is 14.4. The maximum Gasteiger partial charge on any atom is 0.333 e. The minimum absolute atomic E-state index is 0.0265. The number of nitrogens with zero attached hydrogens (tertiary/aromatic N) is 1. The lowest BCUT2D eigenvalue weighted by molar-refractivity contribution is -0.384. The lowest BCUT2D eigenvalue weighted by atomic mass is 9.87. The van der Waals surface area contributed by atoms with E-state index >= 15 is 0 Å². The topological polar surface area (TPSA) is 64.4 Å². The summed E-state index contributed by atoms with van der Waals surface area (Å²) >= 11 is 0. The number of rotatable bonds is 6. The van der Waals surface area contributed by atoms with E-state index in [9.17, 15) is 10.1 Å². The molecule has 1 saturated carbocycles. The maximum atomic E-state index is 11.2. The van der Waals surface area contributed by atoms with Gasteiger partial charge in [-0.15, -0.1) is 0 Å². The van der Waals surface area contributed by atoms with Crippen LogP contribution in [0.2, 0.25) is 0 Å². The molecule has 0 atom stereocenters. The summed E-state index contributed by atoms with van der Waals surface area (Å²) in [7, 11) is 1.45. The van der Waals surface area contributed by atoms with Crippen molar-refractivity contribution < 1.29 is 9.66 Å². The summed E-state index contributed by atoms with van der Waals surface area (Å²) in [5, 5.41) is 14.3. The van der Waals surface area contributed by atoms with Gasteiger partial charge < -0.3 is 10.1 Å². The molecule has 0 spiro atoms. The molecule has 0 heterocycles. The van der Waals surface area contributed by atoms with Crippen LogP contribution in [0.3, 0.4) is 0 Å². The van der Waals surface area contributed by atoms with Crippen LogP contribution in [0.15, 0.2) is 18.2 Å². The van der Waals surface area contributed by atoms with Crippen molar-refractivity contribution in [3.63, 3.8) is 0 Å². The Morgan fingerprint density at radius 2 is 2.10 bits per heavy atom. The average molecular weight is 278 g/mol. The van der Waals surface area contributed by atoms with Crippen molar-refractivity contribution in [1.82, 2.24) is 0 Å². The predicted molar refractivity (Wildman–Crippen MR) is 79.3 cm³/mol. The van der Waals surface area contributed by atoms with E-state index in [2.05, 4.69) is 5.32 Å². The Balaban J connectivity index is 1.96. The first-order chi connectivity index (χ1) is 9.72. The maximum absolute atomic E-state index is 11.2. The van der Waals surface area contributed by atoms with E-state index in [0.29, 0.717) is 11.4 Å². The fraction of sp³-hybridized carbons (Fsp3) is 0.600. The zero-order valence-electron chi connectivity index (χ0n) is 11.9. The highest BCUT2D eigenvalue weighted by atomic mass is 16.6. The first-order valence-electron chi connectivity index (χ1n) is 7.27. The van der Waals surface area contributed by atoms with Gasteiger partial charge >= 0.3 is 5.69 Å². The minimum Gasteiger partial charge on any atom is -0.490 e. The molecule has 110 valence electrons. The third-order valence-corrected chi connectivity index (χ3v) is 3.99. The van der Waals surface area contributed by atoms with Gasteiger partial charge in [0.15, 0.2) is 5.75 Å². The molecular formula is C15H22N2O3. The van der Waals surface area contributed by atoms with Crippen LogP contribution in [0.25, 0.3) is 0 Å². The number of hydrogen-bond acceptors (Lipinski definition) is 4. The summed E-state index contributed by atoms with van der Waals surface area (Å²) in [4.78, 5) is 10.8. The fourth-order valence-corrected chi connectivity index (χ4v) is 2.90. The molecule has 1 aliphatic rings. The molecule has 0 aromatic heterocycles. The lowest BCUT2D eigenvalue weighted by Gasteiger charge is -2.21. The first-order valence-corrected chi connectivity index (χ1v) is 7.27. The van der Waals surface area contributed by atoms with Gasteiger partial charge in [0.25, 0.3) is 0 Å². The van der Waals surface area contributed by atoms with Gasteiger partial charge in [-0.25, -0.2) is 0 Å². The molecule has 20 heavy (non-hydrogen) atoms. The van der Waals surface area contributed by atoms with Crippen LogP contribution in [0.4, 0.5) is 11.4 Å². The van der Waals surface area contributed by atoms with Crippen molar-refractivity contribution in [2.24, 2.45) is 5.92 Å². The highest BCUT2D eigenvalue weighted by molar-refractivity contribution is 5.68. The van der Waals surface area contributed by atoms with E-state index in [1.54, 1.807) is 18.2 Å². The van der Waals surface area contributed by atoms with E-state index < -0.39 is 0 Å². The Kier molecular flexibility index (Phi) is 5.21. The van der Waals surface area contributed by atoms with Crippen molar-refractivity contribution in [2.75, 3.05) is 19.0 Å². The smallest absolute Gasteiger partial charge is 0.333 e. The molecular weight excluding hydrogens is 256 g/mol. The van der Waals surface area contributed by atoms with Gasteiger partial charge in [-0.05, 0) is 24.5 Å².